The molecule has 0 bridgehead atoms. The van der Waals surface area contributed by atoms with Crippen LogP contribution in [0.2, 0.25) is 0 Å². The molecule has 1 rings (SSSR count). The zero-order chi connectivity index (χ0) is 12.3. The Bertz CT molecular complexity index is 321. The molecular weight excluding hydrogens is 220 g/mol. The van der Waals surface area contributed by atoms with E-state index < -0.39 is 6.10 Å². The molecule has 1 aromatic rings. The van der Waals surface area contributed by atoms with Crippen molar-refractivity contribution in [2.75, 3.05) is 11.4 Å². The van der Waals surface area contributed by atoms with Crippen LogP contribution in [0.25, 0.3) is 0 Å². The molecule has 0 spiro atoms. The van der Waals surface area contributed by atoms with Crippen LogP contribution >= 0.6 is 11.3 Å². The Kier molecular flexibility index (Phi) is 4.74. The number of thiazole rings is 1. The number of rotatable bonds is 5. The van der Waals surface area contributed by atoms with Gasteiger partial charge in [-0.2, -0.15) is 0 Å². The number of anilines is 1. The summed E-state index contributed by atoms with van der Waals surface area (Å²) in [6.45, 7) is 11.5. The van der Waals surface area contributed by atoms with Crippen molar-refractivity contribution in [1.29, 1.82) is 0 Å². The highest BCUT2D eigenvalue weighted by molar-refractivity contribution is 7.13. The Morgan fingerprint density at radius 1 is 1.31 bits per heavy atom. The number of nitrogens with zero attached hydrogens (tertiary/aromatic N) is 2. The lowest BCUT2D eigenvalue weighted by Crippen LogP contribution is -2.34. The Labute approximate surface area is 102 Å². The van der Waals surface area contributed by atoms with Gasteiger partial charge in [0.1, 0.15) is 0 Å². The molecule has 4 heteroatoms. The molecule has 0 aliphatic heterocycles. The van der Waals surface area contributed by atoms with E-state index in [-0.39, 0.29) is 0 Å². The Morgan fingerprint density at radius 2 is 1.94 bits per heavy atom. The molecule has 1 unspecified atom stereocenters. The molecule has 0 saturated carbocycles. The van der Waals surface area contributed by atoms with Gasteiger partial charge in [-0.15, -0.1) is 11.3 Å². The van der Waals surface area contributed by atoms with E-state index in [1.54, 1.807) is 18.3 Å². The zero-order valence-electron chi connectivity index (χ0n) is 10.8. The smallest absolute Gasteiger partial charge is 0.185 e. The molecule has 0 amide bonds. The number of hydrogen-bond acceptors (Lipinski definition) is 4. The summed E-state index contributed by atoms with van der Waals surface area (Å²) in [5.41, 5.74) is 0.773. The fraction of sp³-hybridized carbons (Fsp3) is 0.750. The third kappa shape index (κ3) is 3.46. The molecule has 1 atom stereocenters. The second-order valence-electron chi connectivity index (χ2n) is 4.87. The van der Waals surface area contributed by atoms with Gasteiger partial charge in [0.15, 0.2) is 5.13 Å². The van der Waals surface area contributed by atoms with Gasteiger partial charge in [0, 0.05) is 18.0 Å². The third-order valence-electron chi connectivity index (χ3n) is 2.37. The van der Waals surface area contributed by atoms with E-state index >= 15 is 0 Å². The summed E-state index contributed by atoms with van der Waals surface area (Å²) >= 11 is 1.61. The van der Waals surface area contributed by atoms with E-state index in [0.717, 1.165) is 17.4 Å². The molecule has 0 aliphatic carbocycles. The highest BCUT2D eigenvalue weighted by Crippen LogP contribution is 2.26. The van der Waals surface area contributed by atoms with Crippen LogP contribution in [0.4, 0.5) is 5.13 Å². The summed E-state index contributed by atoms with van der Waals surface area (Å²) in [6, 6.07) is 0.440. The van der Waals surface area contributed by atoms with Gasteiger partial charge < -0.3 is 10.0 Å². The van der Waals surface area contributed by atoms with Crippen LogP contribution in [0.5, 0.6) is 0 Å². The maximum atomic E-state index is 9.46. The second kappa shape index (κ2) is 5.64. The van der Waals surface area contributed by atoms with Gasteiger partial charge in [0.05, 0.1) is 11.8 Å². The van der Waals surface area contributed by atoms with Gasteiger partial charge in [-0.25, -0.2) is 4.98 Å². The van der Waals surface area contributed by atoms with Crippen LogP contribution in [0.1, 0.15) is 46.4 Å². The van der Waals surface area contributed by atoms with Crippen molar-refractivity contribution >= 4 is 16.5 Å². The van der Waals surface area contributed by atoms with E-state index in [4.69, 9.17) is 0 Å². The first-order valence-corrected chi connectivity index (χ1v) is 6.70. The molecule has 3 nitrogen and oxygen atoms in total. The zero-order valence-corrected chi connectivity index (χ0v) is 11.6. The molecule has 0 fully saturated rings. The fourth-order valence-electron chi connectivity index (χ4n) is 1.50. The van der Waals surface area contributed by atoms with Crippen LogP contribution in [0, 0.1) is 5.92 Å². The summed E-state index contributed by atoms with van der Waals surface area (Å²) in [4.78, 5) is 6.77. The van der Waals surface area contributed by atoms with E-state index in [0.29, 0.717) is 12.0 Å². The van der Waals surface area contributed by atoms with E-state index in [1.807, 2.05) is 5.38 Å². The van der Waals surface area contributed by atoms with E-state index in [2.05, 4.69) is 37.6 Å². The van der Waals surface area contributed by atoms with Gasteiger partial charge in [-0.05, 0) is 26.7 Å². The average molecular weight is 242 g/mol. The molecule has 0 saturated heterocycles. The predicted octanol–water partition coefficient (Wildman–Crippen LogP) is 3.07. The largest absolute Gasteiger partial charge is 0.387 e. The van der Waals surface area contributed by atoms with Crippen molar-refractivity contribution < 1.29 is 5.11 Å². The SMILES string of the molecule is CC(C)CN(c1nc(C(C)O)cs1)C(C)C. The molecule has 16 heavy (non-hydrogen) atoms. The van der Waals surface area contributed by atoms with Crippen LogP contribution in [0.15, 0.2) is 5.38 Å². The molecule has 1 N–H and O–H groups in total. The van der Waals surface area contributed by atoms with Crippen LogP contribution in [-0.2, 0) is 0 Å². The number of aliphatic hydroxyl groups is 1. The Morgan fingerprint density at radius 3 is 2.31 bits per heavy atom. The Balaban J connectivity index is 2.84. The molecule has 0 radical (unpaired) electrons. The Hall–Kier alpha value is -0.610. The van der Waals surface area contributed by atoms with Crippen LogP contribution < -0.4 is 4.90 Å². The van der Waals surface area contributed by atoms with Crippen molar-refractivity contribution in [2.45, 2.75) is 46.8 Å². The van der Waals surface area contributed by atoms with Gasteiger partial charge in [-0.3, -0.25) is 0 Å². The number of aromatic nitrogens is 1. The van der Waals surface area contributed by atoms with Crippen molar-refractivity contribution in [3.05, 3.63) is 11.1 Å². The predicted molar refractivity (Wildman–Crippen MR) is 70.1 cm³/mol. The monoisotopic (exact) mass is 242 g/mol. The summed E-state index contributed by atoms with van der Waals surface area (Å²) in [7, 11) is 0. The first-order chi connectivity index (χ1) is 7.41. The van der Waals surface area contributed by atoms with E-state index in [1.165, 1.54) is 0 Å². The minimum atomic E-state index is -0.474. The highest BCUT2D eigenvalue weighted by atomic mass is 32.1. The molecule has 1 heterocycles. The minimum Gasteiger partial charge on any atom is -0.387 e. The van der Waals surface area contributed by atoms with E-state index in [9.17, 15) is 5.11 Å². The molecule has 0 aliphatic rings. The highest BCUT2D eigenvalue weighted by Gasteiger charge is 2.16. The summed E-state index contributed by atoms with van der Waals surface area (Å²) in [5.74, 6) is 0.612. The summed E-state index contributed by atoms with van der Waals surface area (Å²) in [5, 5.41) is 12.4. The lowest BCUT2D eigenvalue weighted by molar-refractivity contribution is 0.195. The van der Waals surface area contributed by atoms with Gasteiger partial charge in [-0.1, -0.05) is 13.8 Å². The second-order valence-corrected chi connectivity index (χ2v) is 5.71. The van der Waals surface area contributed by atoms with Crippen LogP contribution in [-0.4, -0.2) is 22.7 Å². The third-order valence-corrected chi connectivity index (χ3v) is 3.26. The van der Waals surface area contributed by atoms with Gasteiger partial charge >= 0.3 is 0 Å². The fourth-order valence-corrected chi connectivity index (χ4v) is 2.56. The van der Waals surface area contributed by atoms with Gasteiger partial charge in [0.25, 0.3) is 0 Å². The topological polar surface area (TPSA) is 36.4 Å². The van der Waals surface area contributed by atoms with Crippen molar-refractivity contribution in [3.8, 4) is 0 Å². The molecular formula is C12H22N2OS. The quantitative estimate of drug-likeness (QED) is 0.862. The lowest BCUT2D eigenvalue weighted by atomic mass is 10.2. The standard InChI is InChI=1S/C12H22N2OS/c1-8(2)6-14(9(3)4)12-13-11(7-16-12)10(5)15/h7-10,15H,6H2,1-5H3. The number of aliphatic hydroxyl groups excluding tert-OH is 1. The first-order valence-electron chi connectivity index (χ1n) is 5.82. The van der Waals surface area contributed by atoms with Crippen molar-refractivity contribution in [3.63, 3.8) is 0 Å². The van der Waals surface area contributed by atoms with Gasteiger partial charge in [0.2, 0.25) is 0 Å². The maximum absolute atomic E-state index is 9.46. The minimum absolute atomic E-state index is 0.440. The molecule has 92 valence electrons. The normalized spacial score (nSPS) is 13.5. The maximum Gasteiger partial charge on any atom is 0.185 e. The lowest BCUT2D eigenvalue weighted by Gasteiger charge is -2.27. The van der Waals surface area contributed by atoms with Crippen molar-refractivity contribution in [1.82, 2.24) is 4.98 Å². The molecule has 1 aromatic heterocycles. The number of hydrogen-bond donors (Lipinski definition) is 1. The molecule has 0 aromatic carbocycles. The first kappa shape index (κ1) is 13.5. The van der Waals surface area contributed by atoms with Crippen LogP contribution in [0.3, 0.4) is 0 Å². The summed E-state index contributed by atoms with van der Waals surface area (Å²) < 4.78 is 0. The van der Waals surface area contributed by atoms with Crippen molar-refractivity contribution in [2.24, 2.45) is 5.92 Å². The average Bonchev–Trinajstić information content (AvgIpc) is 2.61. The summed E-state index contributed by atoms with van der Waals surface area (Å²) in [6.07, 6.45) is -0.474.